The number of halogens is 1. The summed E-state index contributed by atoms with van der Waals surface area (Å²) in [5.74, 6) is 0.129. The minimum absolute atomic E-state index is 0.0382. The van der Waals surface area contributed by atoms with Gasteiger partial charge in [0.05, 0.1) is 9.40 Å². The molecule has 0 spiro atoms. The number of nitrogens with one attached hydrogen (secondary N) is 1. The third kappa shape index (κ3) is 4.77. The first-order valence-corrected chi connectivity index (χ1v) is 6.65. The number of nitro groups is 1. The van der Waals surface area contributed by atoms with Crippen LogP contribution in [0.2, 0.25) is 0 Å². The van der Waals surface area contributed by atoms with Gasteiger partial charge >= 0.3 is 5.69 Å². The van der Waals surface area contributed by atoms with Crippen LogP contribution in [0.5, 0.6) is 5.75 Å². The number of nitro benzene ring substituents is 1. The summed E-state index contributed by atoms with van der Waals surface area (Å²) in [4.78, 5) is 10.4. The van der Waals surface area contributed by atoms with Gasteiger partial charge in [0.1, 0.15) is 12.2 Å². The Kier molecular flexibility index (Phi) is 5.71. The fourth-order valence-corrected chi connectivity index (χ4v) is 1.93. The molecule has 0 aromatic heterocycles. The molecule has 0 aliphatic carbocycles. The fraction of sp³-hybridized carbons (Fsp3) is 0.500. The van der Waals surface area contributed by atoms with E-state index in [2.05, 4.69) is 21.2 Å². The Labute approximate surface area is 120 Å². The van der Waals surface area contributed by atoms with Gasteiger partial charge in [0.15, 0.2) is 0 Å². The predicted octanol–water partition coefficient (Wildman–Crippen LogP) is 2.10. The zero-order chi connectivity index (χ0) is 14.5. The van der Waals surface area contributed by atoms with Crippen LogP contribution >= 0.6 is 15.9 Å². The lowest BCUT2D eigenvalue weighted by Crippen LogP contribution is -2.42. The van der Waals surface area contributed by atoms with Gasteiger partial charge in [-0.25, -0.2) is 0 Å². The summed E-state index contributed by atoms with van der Waals surface area (Å²) in [6.45, 7) is 4.57. The van der Waals surface area contributed by atoms with Crippen LogP contribution in [-0.4, -0.2) is 35.3 Å². The van der Waals surface area contributed by atoms with Crippen LogP contribution in [0.1, 0.15) is 13.8 Å². The Bertz CT molecular complexity index is 451. The lowest BCUT2D eigenvalue weighted by Gasteiger charge is -2.23. The molecule has 0 amide bonds. The molecule has 19 heavy (non-hydrogen) atoms. The van der Waals surface area contributed by atoms with Crippen molar-refractivity contribution >= 4 is 21.6 Å². The molecule has 106 valence electrons. The second kappa shape index (κ2) is 6.83. The molecule has 1 unspecified atom stereocenters. The molecule has 7 heteroatoms. The molecular formula is C12H17BrN2O4. The molecule has 1 atom stereocenters. The van der Waals surface area contributed by atoms with E-state index in [1.165, 1.54) is 6.07 Å². The van der Waals surface area contributed by atoms with Crippen LogP contribution in [0, 0.1) is 10.1 Å². The van der Waals surface area contributed by atoms with Gasteiger partial charge in [-0.1, -0.05) is 13.0 Å². The van der Waals surface area contributed by atoms with Crippen LogP contribution in [0.15, 0.2) is 22.7 Å². The van der Waals surface area contributed by atoms with Crippen LogP contribution < -0.4 is 10.1 Å². The van der Waals surface area contributed by atoms with E-state index >= 15 is 0 Å². The first kappa shape index (κ1) is 15.9. The number of para-hydroxylation sites is 1. The number of aliphatic hydroxyl groups is 1. The number of nitrogens with zero attached hydrogens (tertiary/aromatic N) is 1. The maximum atomic E-state index is 10.9. The zero-order valence-electron chi connectivity index (χ0n) is 10.9. The highest BCUT2D eigenvalue weighted by atomic mass is 79.9. The number of hydrogen-bond donors (Lipinski definition) is 2. The number of rotatable bonds is 7. The van der Waals surface area contributed by atoms with Crippen molar-refractivity contribution in [2.24, 2.45) is 0 Å². The largest absolute Gasteiger partial charge is 0.483 e. The normalized spacial score (nSPS) is 13.9. The summed E-state index contributed by atoms with van der Waals surface area (Å²) < 4.78 is 5.90. The van der Waals surface area contributed by atoms with Gasteiger partial charge in [-0.05, 0) is 35.5 Å². The lowest BCUT2D eigenvalue weighted by molar-refractivity contribution is -0.386. The quantitative estimate of drug-likeness (QED) is 0.590. The van der Waals surface area contributed by atoms with Crippen molar-refractivity contribution in [2.45, 2.75) is 19.4 Å². The highest BCUT2D eigenvalue weighted by molar-refractivity contribution is 9.10. The van der Waals surface area contributed by atoms with E-state index in [9.17, 15) is 15.2 Å². The summed E-state index contributed by atoms with van der Waals surface area (Å²) in [6, 6.07) is 4.58. The van der Waals surface area contributed by atoms with Gasteiger partial charge in [0.25, 0.3) is 0 Å². The van der Waals surface area contributed by atoms with Crippen LogP contribution in [-0.2, 0) is 0 Å². The van der Waals surface area contributed by atoms with Crippen molar-refractivity contribution in [3.8, 4) is 5.75 Å². The highest BCUT2D eigenvalue weighted by Gasteiger charge is 2.24. The Hall–Kier alpha value is -1.18. The maximum absolute atomic E-state index is 10.9. The Balaban J connectivity index is 2.80. The van der Waals surface area contributed by atoms with Gasteiger partial charge in [0, 0.05) is 12.6 Å². The van der Waals surface area contributed by atoms with Crippen molar-refractivity contribution in [3.63, 3.8) is 0 Å². The maximum Gasteiger partial charge on any atom is 0.312 e. The lowest BCUT2D eigenvalue weighted by atomic mass is 10.1. The molecule has 1 rings (SSSR count). The summed E-state index contributed by atoms with van der Waals surface area (Å²) in [6.07, 6.45) is 0. The molecule has 1 aromatic carbocycles. The summed E-state index contributed by atoms with van der Waals surface area (Å²) >= 11 is 3.21. The molecule has 0 fully saturated rings. The molecule has 0 saturated carbocycles. The molecule has 0 heterocycles. The first-order valence-electron chi connectivity index (χ1n) is 5.86. The predicted molar refractivity (Wildman–Crippen MR) is 75.5 cm³/mol. The minimum atomic E-state index is -1.10. The third-order valence-corrected chi connectivity index (χ3v) is 3.05. The Morgan fingerprint density at radius 3 is 2.84 bits per heavy atom. The van der Waals surface area contributed by atoms with Gasteiger partial charge in [0.2, 0.25) is 5.75 Å². The summed E-state index contributed by atoms with van der Waals surface area (Å²) in [5.41, 5.74) is -1.23. The smallest absolute Gasteiger partial charge is 0.312 e. The number of hydrogen-bond acceptors (Lipinski definition) is 5. The van der Waals surface area contributed by atoms with E-state index in [0.717, 1.165) is 6.54 Å². The molecule has 0 radical (unpaired) electrons. The topological polar surface area (TPSA) is 84.6 Å². The molecule has 2 N–H and O–H groups in total. The standard InChI is InChI=1S/C12H17BrN2O4/c1-3-14-7-12(2,16)8-19-11-9(13)5-4-6-10(11)15(17)18/h4-6,14,16H,3,7-8H2,1-2H3. The molecule has 1 aromatic rings. The van der Waals surface area contributed by atoms with Gasteiger partial charge in [-0.2, -0.15) is 0 Å². The average molecular weight is 333 g/mol. The third-order valence-electron chi connectivity index (χ3n) is 2.43. The average Bonchev–Trinajstić information content (AvgIpc) is 2.34. The van der Waals surface area contributed by atoms with Crippen LogP contribution in [0.25, 0.3) is 0 Å². The molecule has 6 nitrogen and oxygen atoms in total. The van der Waals surface area contributed by atoms with Crippen molar-refractivity contribution in [2.75, 3.05) is 19.7 Å². The van der Waals surface area contributed by atoms with E-state index in [4.69, 9.17) is 4.74 Å². The van der Waals surface area contributed by atoms with Crippen LogP contribution in [0.4, 0.5) is 5.69 Å². The molecular weight excluding hydrogens is 316 g/mol. The van der Waals surface area contributed by atoms with E-state index in [-0.39, 0.29) is 18.0 Å². The van der Waals surface area contributed by atoms with Crippen molar-refractivity contribution < 1.29 is 14.8 Å². The van der Waals surface area contributed by atoms with Gasteiger partial charge in [-0.3, -0.25) is 10.1 Å². The molecule has 0 aliphatic rings. The summed E-state index contributed by atoms with van der Waals surface area (Å²) in [7, 11) is 0. The van der Waals surface area contributed by atoms with Gasteiger partial charge in [-0.15, -0.1) is 0 Å². The van der Waals surface area contributed by atoms with E-state index in [1.807, 2.05) is 6.92 Å². The fourth-order valence-electron chi connectivity index (χ4n) is 1.46. The van der Waals surface area contributed by atoms with E-state index in [0.29, 0.717) is 11.0 Å². The molecule has 0 saturated heterocycles. The van der Waals surface area contributed by atoms with Gasteiger partial charge < -0.3 is 15.2 Å². The zero-order valence-corrected chi connectivity index (χ0v) is 12.4. The first-order chi connectivity index (χ1) is 8.87. The Morgan fingerprint density at radius 1 is 1.58 bits per heavy atom. The molecule has 0 bridgehead atoms. The summed E-state index contributed by atoms with van der Waals surface area (Å²) in [5, 5.41) is 24.0. The van der Waals surface area contributed by atoms with E-state index in [1.54, 1.807) is 19.1 Å². The number of ether oxygens (including phenoxy) is 1. The second-order valence-corrected chi connectivity index (χ2v) is 5.27. The van der Waals surface area contributed by atoms with Crippen molar-refractivity contribution in [1.82, 2.24) is 5.32 Å². The Morgan fingerprint density at radius 2 is 2.26 bits per heavy atom. The van der Waals surface area contributed by atoms with Crippen molar-refractivity contribution in [1.29, 1.82) is 0 Å². The SMILES string of the molecule is CCNCC(C)(O)COc1c(Br)cccc1[N+](=O)[O-]. The molecule has 0 aliphatic heterocycles. The number of benzene rings is 1. The van der Waals surface area contributed by atoms with Crippen molar-refractivity contribution in [3.05, 3.63) is 32.8 Å². The number of likely N-dealkylation sites (N-methyl/N-ethyl adjacent to an activating group) is 1. The monoisotopic (exact) mass is 332 g/mol. The van der Waals surface area contributed by atoms with E-state index < -0.39 is 10.5 Å². The minimum Gasteiger partial charge on any atom is -0.483 e. The second-order valence-electron chi connectivity index (χ2n) is 4.41. The van der Waals surface area contributed by atoms with Crippen LogP contribution in [0.3, 0.4) is 0 Å². The highest BCUT2D eigenvalue weighted by Crippen LogP contribution is 2.35.